The molecule has 0 saturated heterocycles. The van der Waals surface area contributed by atoms with Crippen molar-refractivity contribution in [3.05, 3.63) is 36.9 Å². The van der Waals surface area contributed by atoms with Crippen LogP contribution in [0.5, 0.6) is 0 Å². The summed E-state index contributed by atoms with van der Waals surface area (Å²) in [6, 6.07) is 3.57. The summed E-state index contributed by atoms with van der Waals surface area (Å²) in [5.41, 5.74) is 15.2. The Morgan fingerprint density at radius 2 is 1.59 bits per heavy atom. The smallest absolute Gasteiger partial charge is 0.321 e. The van der Waals surface area contributed by atoms with Gasteiger partial charge in [-0.15, -0.1) is 0 Å². The number of nitrogens with zero attached hydrogens (tertiary/aromatic N) is 5. The second-order valence-electron chi connectivity index (χ2n) is 6.04. The summed E-state index contributed by atoms with van der Waals surface area (Å²) in [5.74, 6) is 0.389. The van der Waals surface area contributed by atoms with Crippen molar-refractivity contribution in [2.24, 2.45) is 0 Å². The predicted molar refractivity (Wildman–Crippen MR) is 113 cm³/mol. The van der Waals surface area contributed by atoms with Gasteiger partial charge in [0, 0.05) is 48.0 Å². The number of carbonyl (C=O) groups is 1. The molecule has 4 rings (SSSR count). The molecule has 146 valence electrons. The zero-order valence-electron chi connectivity index (χ0n) is 15.4. The van der Waals surface area contributed by atoms with Gasteiger partial charge in [0.2, 0.25) is 11.9 Å². The Labute approximate surface area is 169 Å². The summed E-state index contributed by atoms with van der Waals surface area (Å²) < 4.78 is 0.880. The molecule has 0 aliphatic heterocycles. The van der Waals surface area contributed by atoms with E-state index in [-0.39, 0.29) is 17.9 Å². The van der Waals surface area contributed by atoms with Crippen LogP contribution in [0.1, 0.15) is 6.92 Å². The molecule has 3 aromatic heterocycles. The van der Waals surface area contributed by atoms with Crippen LogP contribution in [0.25, 0.3) is 32.5 Å². The molecule has 0 aliphatic rings. The molecule has 1 aromatic carbocycles. The first-order chi connectivity index (χ1) is 14.0. The number of anilines is 3. The summed E-state index contributed by atoms with van der Waals surface area (Å²) >= 11 is 1.36. The first kappa shape index (κ1) is 18.5. The molecule has 2 amide bonds. The number of thiazole rings is 1. The fraction of sp³-hybridized carbons (Fsp3) is 0.111. The number of nitrogens with one attached hydrogen (secondary N) is 2. The Balaban J connectivity index is 1.86. The molecular formula is C18H17N9OS. The summed E-state index contributed by atoms with van der Waals surface area (Å²) in [6.45, 7) is 2.37. The average Bonchev–Trinajstić information content (AvgIpc) is 3.11. The molecule has 10 nitrogen and oxygen atoms in total. The van der Waals surface area contributed by atoms with E-state index in [1.807, 2.05) is 19.1 Å². The van der Waals surface area contributed by atoms with Gasteiger partial charge >= 0.3 is 6.03 Å². The number of amides is 2. The lowest BCUT2D eigenvalue weighted by Crippen LogP contribution is -2.28. The van der Waals surface area contributed by atoms with Crippen molar-refractivity contribution >= 4 is 44.6 Å². The maximum absolute atomic E-state index is 11.9. The third-order valence-electron chi connectivity index (χ3n) is 4.04. The highest BCUT2D eigenvalue weighted by atomic mass is 32.1. The summed E-state index contributed by atoms with van der Waals surface area (Å²) in [5, 5.41) is 5.92. The summed E-state index contributed by atoms with van der Waals surface area (Å²) in [7, 11) is 0. The Morgan fingerprint density at radius 1 is 0.966 bits per heavy atom. The van der Waals surface area contributed by atoms with Crippen LogP contribution in [0.2, 0.25) is 0 Å². The van der Waals surface area contributed by atoms with Crippen LogP contribution in [0, 0.1) is 0 Å². The van der Waals surface area contributed by atoms with Crippen molar-refractivity contribution in [2.75, 3.05) is 23.3 Å². The van der Waals surface area contributed by atoms with Crippen molar-refractivity contribution < 1.29 is 4.79 Å². The lowest BCUT2D eigenvalue weighted by Gasteiger charge is -2.07. The first-order valence-electron chi connectivity index (χ1n) is 8.68. The molecule has 0 bridgehead atoms. The third kappa shape index (κ3) is 3.89. The number of rotatable bonds is 4. The van der Waals surface area contributed by atoms with E-state index in [1.165, 1.54) is 11.3 Å². The fourth-order valence-corrected chi connectivity index (χ4v) is 3.71. The largest absolute Gasteiger partial charge is 0.368 e. The number of benzene rings is 1. The quantitative estimate of drug-likeness (QED) is 0.402. The molecule has 0 spiro atoms. The van der Waals surface area contributed by atoms with Gasteiger partial charge in [-0.1, -0.05) is 11.3 Å². The first-order valence-corrected chi connectivity index (χ1v) is 9.50. The van der Waals surface area contributed by atoms with E-state index in [4.69, 9.17) is 11.5 Å². The zero-order valence-corrected chi connectivity index (χ0v) is 16.2. The number of hydrogen-bond acceptors (Lipinski definition) is 9. The Bertz CT molecular complexity index is 1170. The molecule has 3 heterocycles. The Morgan fingerprint density at radius 3 is 2.21 bits per heavy atom. The number of nitrogen functional groups attached to an aromatic ring is 2. The van der Waals surface area contributed by atoms with Crippen molar-refractivity contribution in [3.8, 4) is 22.3 Å². The highest BCUT2D eigenvalue weighted by Crippen LogP contribution is 2.38. The molecule has 4 aromatic rings. The van der Waals surface area contributed by atoms with Gasteiger partial charge in [-0.2, -0.15) is 0 Å². The minimum Gasteiger partial charge on any atom is -0.368 e. The number of urea groups is 1. The fourth-order valence-electron chi connectivity index (χ4n) is 2.73. The number of nitrogens with two attached hydrogens (primary N) is 2. The third-order valence-corrected chi connectivity index (χ3v) is 5.06. The number of aromatic nitrogens is 5. The van der Waals surface area contributed by atoms with Gasteiger partial charge in [0.25, 0.3) is 0 Å². The van der Waals surface area contributed by atoms with Gasteiger partial charge in [-0.25, -0.2) is 29.7 Å². The van der Waals surface area contributed by atoms with E-state index in [0.717, 1.165) is 27.0 Å². The second kappa shape index (κ2) is 7.64. The van der Waals surface area contributed by atoms with E-state index >= 15 is 0 Å². The predicted octanol–water partition coefficient (Wildman–Crippen LogP) is 2.52. The van der Waals surface area contributed by atoms with Gasteiger partial charge in [-0.05, 0) is 24.6 Å². The SMILES string of the molecule is CCNC(=O)Nc1nc2cc(-c3cnc(N)nc3)cc(-c3cnc(N)nc3)c2s1. The maximum atomic E-state index is 11.9. The van der Waals surface area contributed by atoms with Crippen molar-refractivity contribution in [3.63, 3.8) is 0 Å². The molecule has 0 unspecified atom stereocenters. The number of hydrogen-bond donors (Lipinski definition) is 4. The summed E-state index contributed by atoms with van der Waals surface area (Å²) in [4.78, 5) is 32.7. The van der Waals surface area contributed by atoms with E-state index in [0.29, 0.717) is 17.2 Å². The van der Waals surface area contributed by atoms with Gasteiger partial charge in [0.15, 0.2) is 5.13 Å². The normalized spacial score (nSPS) is 10.8. The van der Waals surface area contributed by atoms with Crippen LogP contribution >= 0.6 is 11.3 Å². The Hall–Kier alpha value is -3.86. The highest BCUT2D eigenvalue weighted by Gasteiger charge is 2.15. The van der Waals surface area contributed by atoms with Crippen LogP contribution in [0.3, 0.4) is 0 Å². The minimum atomic E-state index is -0.309. The molecule has 0 radical (unpaired) electrons. The number of fused-ring (bicyclic) bond motifs is 1. The van der Waals surface area contributed by atoms with Crippen LogP contribution in [-0.4, -0.2) is 37.5 Å². The minimum absolute atomic E-state index is 0.191. The Kier molecular flexibility index (Phi) is 4.87. The van der Waals surface area contributed by atoms with Gasteiger partial charge < -0.3 is 16.8 Å². The van der Waals surface area contributed by atoms with E-state index in [9.17, 15) is 4.79 Å². The van der Waals surface area contributed by atoms with Crippen molar-refractivity contribution in [1.82, 2.24) is 30.2 Å². The van der Waals surface area contributed by atoms with Crippen LogP contribution in [-0.2, 0) is 0 Å². The van der Waals surface area contributed by atoms with Crippen LogP contribution in [0.15, 0.2) is 36.9 Å². The average molecular weight is 407 g/mol. The molecule has 0 saturated carbocycles. The zero-order chi connectivity index (χ0) is 20.4. The van der Waals surface area contributed by atoms with E-state index in [1.54, 1.807) is 24.8 Å². The van der Waals surface area contributed by atoms with Crippen molar-refractivity contribution in [1.29, 1.82) is 0 Å². The summed E-state index contributed by atoms with van der Waals surface area (Å²) in [6.07, 6.45) is 6.59. The lowest BCUT2D eigenvalue weighted by atomic mass is 10.0. The van der Waals surface area contributed by atoms with E-state index in [2.05, 4.69) is 35.6 Å². The van der Waals surface area contributed by atoms with Gasteiger partial charge in [-0.3, -0.25) is 5.32 Å². The topological polar surface area (TPSA) is 158 Å². The second-order valence-corrected chi connectivity index (χ2v) is 7.03. The molecule has 0 aliphatic carbocycles. The van der Waals surface area contributed by atoms with Crippen molar-refractivity contribution in [2.45, 2.75) is 6.92 Å². The lowest BCUT2D eigenvalue weighted by molar-refractivity contribution is 0.252. The molecule has 11 heteroatoms. The monoisotopic (exact) mass is 407 g/mol. The molecule has 29 heavy (non-hydrogen) atoms. The van der Waals surface area contributed by atoms with E-state index < -0.39 is 0 Å². The van der Waals surface area contributed by atoms with Gasteiger partial charge in [0.1, 0.15) is 0 Å². The highest BCUT2D eigenvalue weighted by molar-refractivity contribution is 7.22. The maximum Gasteiger partial charge on any atom is 0.321 e. The van der Waals surface area contributed by atoms with Crippen LogP contribution in [0.4, 0.5) is 21.8 Å². The van der Waals surface area contributed by atoms with Gasteiger partial charge in [0.05, 0.1) is 10.2 Å². The molecular weight excluding hydrogens is 390 g/mol. The standard InChI is InChI=1S/C18H17N9OS/c1-2-21-17(28)27-18-26-13-4-9(10-5-22-15(19)23-6-10)3-12(14(13)29-18)11-7-24-16(20)25-8-11/h3-8H,2H2,1H3,(H2,19,22,23)(H2,20,24,25)(H2,21,26,27,28). The number of carbonyl (C=O) groups excluding carboxylic acids is 1. The van der Waals surface area contributed by atoms with Crippen LogP contribution < -0.4 is 22.1 Å². The molecule has 6 N–H and O–H groups in total. The molecule has 0 fully saturated rings. The molecule has 0 atom stereocenters.